The molecule has 2 aromatic carbocycles. The summed E-state index contributed by atoms with van der Waals surface area (Å²) in [6.07, 6.45) is 0.619. The van der Waals surface area contributed by atoms with Crippen LogP contribution in [0.15, 0.2) is 36.4 Å². The van der Waals surface area contributed by atoms with Crippen LogP contribution in [0.1, 0.15) is 51.9 Å². The van der Waals surface area contributed by atoms with Gasteiger partial charge >= 0.3 is 6.03 Å². The maximum atomic E-state index is 12.8. The third-order valence-electron chi connectivity index (χ3n) is 6.10. The van der Waals surface area contributed by atoms with Crippen molar-refractivity contribution in [3.8, 4) is 0 Å². The summed E-state index contributed by atoms with van der Waals surface area (Å²) in [5.41, 5.74) is 10.7. The Hall–Kier alpha value is -3.52. The first-order valence-corrected chi connectivity index (χ1v) is 10.7. The molecule has 0 bridgehead atoms. The third-order valence-corrected chi connectivity index (χ3v) is 6.10. The molecular weight excluding hydrogens is 408 g/mol. The Balaban J connectivity index is 1.37. The number of nitrogens with two attached hydrogens (primary N) is 1. The summed E-state index contributed by atoms with van der Waals surface area (Å²) in [6.45, 7) is 3.00. The Morgan fingerprint density at radius 2 is 1.97 bits per heavy atom. The van der Waals surface area contributed by atoms with Gasteiger partial charge in [0, 0.05) is 37.3 Å². The van der Waals surface area contributed by atoms with Crippen molar-refractivity contribution >= 4 is 29.2 Å². The van der Waals surface area contributed by atoms with Crippen LogP contribution < -0.4 is 16.4 Å². The smallest absolute Gasteiger partial charge is 0.319 e. The van der Waals surface area contributed by atoms with Gasteiger partial charge in [-0.15, -0.1) is 0 Å². The van der Waals surface area contributed by atoms with Crippen molar-refractivity contribution in [3.63, 3.8) is 0 Å². The molecule has 8 heteroatoms. The highest BCUT2D eigenvalue weighted by atomic mass is 16.2. The average molecular weight is 434 g/mol. The molecule has 3 amide bonds. The van der Waals surface area contributed by atoms with E-state index in [2.05, 4.69) is 10.6 Å². The molecule has 4 N–H and O–H groups in total. The van der Waals surface area contributed by atoms with Gasteiger partial charge in [-0.05, 0) is 53.8 Å². The maximum Gasteiger partial charge on any atom is 0.319 e. The van der Waals surface area contributed by atoms with E-state index in [0.717, 1.165) is 22.3 Å². The SMILES string of the molecule is Cc1ccc(NC(=O)NCc2ccc3c(c2)CN(C2CCC(=O)CC2=O)C3=O)cc1CN. The van der Waals surface area contributed by atoms with E-state index in [1.807, 2.05) is 31.2 Å². The number of anilines is 1. The topological polar surface area (TPSA) is 122 Å². The van der Waals surface area contributed by atoms with Crippen LogP contribution in [0.25, 0.3) is 0 Å². The molecule has 32 heavy (non-hydrogen) atoms. The molecule has 1 aliphatic carbocycles. The Morgan fingerprint density at radius 3 is 2.72 bits per heavy atom. The minimum atomic E-state index is -0.534. The highest BCUT2D eigenvalue weighted by Crippen LogP contribution is 2.29. The zero-order valence-electron chi connectivity index (χ0n) is 17.9. The number of aryl methyl sites for hydroxylation is 1. The second-order valence-corrected chi connectivity index (χ2v) is 8.31. The standard InChI is InChI=1S/C24H26N4O4/c1-14-2-4-18(9-16(14)11-25)27-24(32)26-12-15-3-6-20-17(8-15)13-28(23(20)31)21-7-5-19(29)10-22(21)30/h2-4,6,8-9,21H,5,7,10-13,25H2,1H3,(H2,26,27,32). The summed E-state index contributed by atoms with van der Waals surface area (Å²) in [6, 6.07) is 10.1. The average Bonchev–Trinajstić information content (AvgIpc) is 3.09. The summed E-state index contributed by atoms with van der Waals surface area (Å²) >= 11 is 0. The number of hydrogen-bond donors (Lipinski definition) is 3. The Kier molecular flexibility index (Phi) is 6.05. The van der Waals surface area contributed by atoms with Crippen molar-refractivity contribution in [2.75, 3.05) is 5.32 Å². The first-order chi connectivity index (χ1) is 15.4. The fraction of sp³-hybridized carbons (Fsp3) is 0.333. The van der Waals surface area contributed by atoms with Gasteiger partial charge in [0.25, 0.3) is 5.91 Å². The number of Topliss-reactive ketones (excluding diaryl/α,β-unsaturated/α-hetero) is 2. The minimum absolute atomic E-state index is 0.0630. The molecule has 0 spiro atoms. The molecule has 2 aromatic rings. The molecule has 1 unspecified atom stereocenters. The second kappa shape index (κ2) is 8.92. The monoisotopic (exact) mass is 434 g/mol. The zero-order valence-corrected chi connectivity index (χ0v) is 17.9. The molecule has 4 rings (SSSR count). The fourth-order valence-corrected chi connectivity index (χ4v) is 4.27. The predicted octanol–water partition coefficient (Wildman–Crippen LogP) is 2.42. The van der Waals surface area contributed by atoms with E-state index in [-0.39, 0.29) is 29.9 Å². The van der Waals surface area contributed by atoms with Crippen molar-refractivity contribution in [2.45, 2.75) is 51.9 Å². The maximum absolute atomic E-state index is 12.8. The van der Waals surface area contributed by atoms with Crippen LogP contribution in [0, 0.1) is 6.92 Å². The van der Waals surface area contributed by atoms with Gasteiger partial charge in [-0.1, -0.05) is 18.2 Å². The molecule has 1 atom stereocenters. The highest BCUT2D eigenvalue weighted by Gasteiger charge is 2.38. The van der Waals surface area contributed by atoms with Gasteiger partial charge in [0.15, 0.2) is 5.78 Å². The molecule has 1 fully saturated rings. The molecule has 2 aliphatic rings. The predicted molar refractivity (Wildman–Crippen MR) is 119 cm³/mol. The lowest BCUT2D eigenvalue weighted by atomic mass is 9.92. The number of nitrogens with zero attached hydrogens (tertiary/aromatic N) is 1. The van der Waals surface area contributed by atoms with E-state index < -0.39 is 6.04 Å². The number of ketones is 2. The Bertz CT molecular complexity index is 1110. The molecule has 1 aliphatic heterocycles. The van der Waals surface area contributed by atoms with Crippen LogP contribution in [0.5, 0.6) is 0 Å². The first kappa shape index (κ1) is 21.7. The van der Waals surface area contributed by atoms with E-state index in [4.69, 9.17) is 5.73 Å². The first-order valence-electron chi connectivity index (χ1n) is 10.7. The van der Waals surface area contributed by atoms with Crippen LogP contribution in [0.3, 0.4) is 0 Å². The van der Waals surface area contributed by atoms with Crippen molar-refractivity contribution in [1.29, 1.82) is 0 Å². The van der Waals surface area contributed by atoms with E-state index in [0.29, 0.717) is 43.7 Å². The molecular formula is C24H26N4O4. The van der Waals surface area contributed by atoms with Crippen molar-refractivity contribution in [3.05, 3.63) is 64.2 Å². The number of urea groups is 1. The lowest BCUT2D eigenvalue weighted by molar-refractivity contribution is -0.133. The molecule has 0 aromatic heterocycles. The summed E-state index contributed by atoms with van der Waals surface area (Å²) in [5, 5.41) is 5.62. The fourth-order valence-electron chi connectivity index (χ4n) is 4.27. The van der Waals surface area contributed by atoms with Gasteiger partial charge in [-0.25, -0.2) is 4.79 Å². The molecule has 0 saturated heterocycles. The molecule has 1 saturated carbocycles. The van der Waals surface area contributed by atoms with Crippen molar-refractivity contribution < 1.29 is 19.2 Å². The van der Waals surface area contributed by atoms with Gasteiger partial charge < -0.3 is 21.3 Å². The summed E-state index contributed by atoms with van der Waals surface area (Å²) in [5.74, 6) is -0.429. The van der Waals surface area contributed by atoms with Gasteiger partial charge in [0.05, 0.1) is 12.5 Å². The van der Waals surface area contributed by atoms with Gasteiger partial charge in [-0.2, -0.15) is 0 Å². The third kappa shape index (κ3) is 4.40. The van der Waals surface area contributed by atoms with Gasteiger partial charge in [0.1, 0.15) is 5.78 Å². The van der Waals surface area contributed by atoms with E-state index in [1.54, 1.807) is 17.0 Å². The lowest BCUT2D eigenvalue weighted by Crippen LogP contribution is -2.44. The number of carbonyl (C=O) groups is 4. The van der Waals surface area contributed by atoms with E-state index in [1.165, 1.54) is 0 Å². The van der Waals surface area contributed by atoms with E-state index >= 15 is 0 Å². The number of benzene rings is 2. The number of carbonyl (C=O) groups excluding carboxylic acids is 4. The van der Waals surface area contributed by atoms with Crippen LogP contribution in [-0.2, 0) is 29.2 Å². The van der Waals surface area contributed by atoms with E-state index in [9.17, 15) is 19.2 Å². The molecule has 166 valence electrons. The van der Waals surface area contributed by atoms with Crippen molar-refractivity contribution in [1.82, 2.24) is 10.2 Å². The summed E-state index contributed by atoms with van der Waals surface area (Å²) in [7, 11) is 0. The van der Waals surface area contributed by atoms with Gasteiger partial charge in [0.2, 0.25) is 0 Å². The van der Waals surface area contributed by atoms with Crippen LogP contribution in [0.2, 0.25) is 0 Å². The molecule has 8 nitrogen and oxygen atoms in total. The highest BCUT2D eigenvalue weighted by molar-refractivity contribution is 6.07. The number of amides is 3. The van der Waals surface area contributed by atoms with Crippen LogP contribution in [0.4, 0.5) is 10.5 Å². The number of fused-ring (bicyclic) bond motifs is 1. The molecule has 1 heterocycles. The normalized spacial score (nSPS) is 18.0. The minimum Gasteiger partial charge on any atom is -0.334 e. The second-order valence-electron chi connectivity index (χ2n) is 8.31. The molecule has 0 radical (unpaired) electrons. The van der Waals surface area contributed by atoms with Crippen molar-refractivity contribution in [2.24, 2.45) is 5.73 Å². The summed E-state index contributed by atoms with van der Waals surface area (Å²) < 4.78 is 0. The number of nitrogens with one attached hydrogen (secondary N) is 2. The lowest BCUT2D eigenvalue weighted by Gasteiger charge is -2.29. The Labute approximate surface area is 186 Å². The van der Waals surface area contributed by atoms with Gasteiger partial charge in [-0.3, -0.25) is 14.4 Å². The summed E-state index contributed by atoms with van der Waals surface area (Å²) in [4.78, 5) is 50.4. The number of rotatable bonds is 5. The zero-order chi connectivity index (χ0) is 22.8. The number of hydrogen-bond acceptors (Lipinski definition) is 5. The largest absolute Gasteiger partial charge is 0.334 e. The van der Waals surface area contributed by atoms with Crippen LogP contribution in [-0.4, -0.2) is 34.4 Å². The van der Waals surface area contributed by atoms with Crippen LogP contribution >= 0.6 is 0 Å². The quantitative estimate of drug-likeness (QED) is 0.624. The Morgan fingerprint density at radius 1 is 1.16 bits per heavy atom.